The molecule has 294 valence electrons. The van der Waals surface area contributed by atoms with E-state index in [1.165, 1.54) is 98.7 Å². The zero-order valence-corrected chi connectivity index (χ0v) is 37.1. The molecule has 11 aromatic rings. The van der Waals surface area contributed by atoms with E-state index in [0.29, 0.717) is 0 Å². The summed E-state index contributed by atoms with van der Waals surface area (Å²) in [4.78, 5) is 0. The molecule has 2 nitrogen and oxygen atoms in total. The molecule has 9 aromatic carbocycles. The van der Waals surface area contributed by atoms with Gasteiger partial charge < -0.3 is 8.83 Å². The van der Waals surface area contributed by atoms with Crippen LogP contribution in [0.5, 0.6) is 0 Å². The third-order valence-electron chi connectivity index (χ3n) is 14.2. The molecule has 0 fully saturated rings. The number of fused-ring (bicyclic) bond motifs is 15. The molecule has 62 heavy (non-hydrogen) atoms. The number of rotatable bonds is 4. The van der Waals surface area contributed by atoms with Gasteiger partial charge in [0, 0.05) is 32.7 Å². The second kappa shape index (κ2) is 12.8. The van der Waals surface area contributed by atoms with Gasteiger partial charge in [-0.05, 0) is 88.5 Å². The van der Waals surface area contributed by atoms with E-state index in [0.717, 1.165) is 22.3 Å². The van der Waals surface area contributed by atoms with Crippen LogP contribution in [-0.4, -0.2) is 16.1 Å². The molecule has 2 aromatic heterocycles. The molecule has 0 spiro atoms. The van der Waals surface area contributed by atoms with Crippen LogP contribution < -0.4 is 20.7 Å². The van der Waals surface area contributed by atoms with E-state index >= 15 is 0 Å². The van der Waals surface area contributed by atoms with Crippen molar-refractivity contribution in [3.05, 3.63) is 182 Å². The van der Waals surface area contributed by atoms with Crippen molar-refractivity contribution >= 4 is 80.8 Å². The Morgan fingerprint density at radius 1 is 0.323 bits per heavy atom. The van der Waals surface area contributed by atoms with Gasteiger partial charge in [-0.3, -0.25) is 0 Å². The Kier molecular flexibility index (Phi) is 7.36. The minimum atomic E-state index is -2.37. The summed E-state index contributed by atoms with van der Waals surface area (Å²) in [6, 6.07) is 66.7. The Balaban J connectivity index is 1.11. The maximum Gasteiger partial charge on any atom is 0.143 e. The lowest BCUT2D eigenvalue weighted by molar-refractivity contribution is 0.670. The molecule has 0 atom stereocenters. The first-order valence-electron chi connectivity index (χ1n) is 21.8. The van der Waals surface area contributed by atoms with Crippen LogP contribution in [0, 0.1) is 0 Å². The highest BCUT2D eigenvalue weighted by Crippen LogP contribution is 2.49. The Labute approximate surface area is 362 Å². The van der Waals surface area contributed by atoms with Gasteiger partial charge in [-0.2, -0.15) is 0 Å². The predicted octanol–water partition coefficient (Wildman–Crippen LogP) is 13.8. The lowest BCUT2D eigenvalue weighted by Gasteiger charge is -2.28. The number of hydrogen-bond acceptors (Lipinski definition) is 2. The van der Waals surface area contributed by atoms with E-state index < -0.39 is 16.1 Å². The number of benzene rings is 9. The summed E-state index contributed by atoms with van der Waals surface area (Å²) in [6.45, 7) is 10.4. The van der Waals surface area contributed by atoms with Crippen LogP contribution in [0.4, 0.5) is 0 Å². The van der Waals surface area contributed by atoms with Crippen molar-refractivity contribution in [2.75, 3.05) is 0 Å². The lowest BCUT2D eigenvalue weighted by Crippen LogP contribution is -2.63. The minimum Gasteiger partial charge on any atom is -0.455 e. The standard InChI is InChI=1S/C58H42O2Si2/c1-61(2)49-33-45(39-25-13-11-23-37(39)35-19-7-5-8-20-35)55-53(41-27-15-17-29-47(41)59-55)51(49)43-31-32-44-52-50(62(3,4)58(44)57(43)61)34-46(56-54(52)42-28-16-18-30-48(42)60-56)40-26-14-12-24-38(40)36-21-9-6-10-22-36/h5-34H,1-4H3. The van der Waals surface area contributed by atoms with Crippen LogP contribution in [0.1, 0.15) is 0 Å². The van der Waals surface area contributed by atoms with Gasteiger partial charge >= 0.3 is 0 Å². The van der Waals surface area contributed by atoms with Crippen molar-refractivity contribution in [3.63, 3.8) is 0 Å². The van der Waals surface area contributed by atoms with Gasteiger partial charge in [-0.15, -0.1) is 0 Å². The Bertz CT molecular complexity index is 3440. The average Bonchev–Trinajstić information content (AvgIpc) is 4.02. The molecule has 0 N–H and O–H groups in total. The zero-order chi connectivity index (χ0) is 41.5. The van der Waals surface area contributed by atoms with E-state index in [1.807, 2.05) is 0 Å². The van der Waals surface area contributed by atoms with Crippen molar-refractivity contribution in [1.82, 2.24) is 0 Å². The van der Waals surface area contributed by atoms with Crippen molar-refractivity contribution in [3.8, 4) is 66.8 Å². The first-order chi connectivity index (χ1) is 30.3. The van der Waals surface area contributed by atoms with Gasteiger partial charge in [0.25, 0.3) is 0 Å². The van der Waals surface area contributed by atoms with Gasteiger partial charge in [0.2, 0.25) is 0 Å². The molecule has 0 aliphatic carbocycles. The zero-order valence-electron chi connectivity index (χ0n) is 35.1. The summed E-state index contributed by atoms with van der Waals surface area (Å²) < 4.78 is 14.0. The molecule has 2 aliphatic heterocycles. The van der Waals surface area contributed by atoms with Gasteiger partial charge in [-0.25, -0.2) is 0 Å². The summed E-state index contributed by atoms with van der Waals surface area (Å²) in [5.74, 6) is 0. The highest BCUT2D eigenvalue weighted by molar-refractivity contribution is 7.13. The average molecular weight is 827 g/mol. The fourth-order valence-electron chi connectivity index (χ4n) is 11.5. The largest absolute Gasteiger partial charge is 0.455 e. The molecule has 0 saturated carbocycles. The molecule has 0 bridgehead atoms. The smallest absolute Gasteiger partial charge is 0.143 e. The highest BCUT2D eigenvalue weighted by Gasteiger charge is 2.49. The maximum atomic E-state index is 7.01. The van der Waals surface area contributed by atoms with Crippen LogP contribution in [0.15, 0.2) is 191 Å². The van der Waals surface area contributed by atoms with Crippen LogP contribution in [0.2, 0.25) is 26.2 Å². The Morgan fingerprint density at radius 3 is 1.10 bits per heavy atom. The van der Waals surface area contributed by atoms with E-state index in [-0.39, 0.29) is 0 Å². The minimum absolute atomic E-state index is 0.933. The van der Waals surface area contributed by atoms with Gasteiger partial charge in [0.1, 0.15) is 38.5 Å². The fraction of sp³-hybridized carbons (Fsp3) is 0.0690. The monoisotopic (exact) mass is 826 g/mol. The molecule has 4 heterocycles. The highest BCUT2D eigenvalue weighted by atomic mass is 28.3. The summed E-state index contributed by atoms with van der Waals surface area (Å²) in [5.41, 5.74) is 19.0. The van der Waals surface area contributed by atoms with Gasteiger partial charge in [0.05, 0.1) is 0 Å². The van der Waals surface area contributed by atoms with Gasteiger partial charge in [-0.1, -0.05) is 196 Å². The maximum absolute atomic E-state index is 7.01. The van der Waals surface area contributed by atoms with Crippen LogP contribution in [-0.2, 0) is 0 Å². The first kappa shape index (κ1) is 35.7. The molecule has 0 saturated heterocycles. The van der Waals surface area contributed by atoms with E-state index in [2.05, 4.69) is 208 Å². The van der Waals surface area contributed by atoms with Crippen molar-refractivity contribution in [2.45, 2.75) is 26.2 Å². The van der Waals surface area contributed by atoms with Crippen LogP contribution in [0.3, 0.4) is 0 Å². The molecule has 0 amide bonds. The van der Waals surface area contributed by atoms with Crippen LogP contribution >= 0.6 is 0 Å². The fourth-order valence-corrected chi connectivity index (χ4v) is 20.0. The van der Waals surface area contributed by atoms with Crippen LogP contribution in [0.25, 0.3) is 111 Å². The summed E-state index contributed by atoms with van der Waals surface area (Å²) in [6.07, 6.45) is 0. The number of hydrogen-bond donors (Lipinski definition) is 0. The van der Waals surface area contributed by atoms with E-state index in [1.54, 1.807) is 10.4 Å². The molecule has 0 radical (unpaired) electrons. The molecule has 0 unspecified atom stereocenters. The third kappa shape index (κ3) is 4.74. The molecule has 13 rings (SSSR count). The SMILES string of the molecule is C[Si]1(C)c2cc(-c3ccccc3-c3ccccc3)c3oc4ccccc4c3c2-c2ccc3c(c21)[Si](C)(C)c1cc(-c2ccccc2-c2ccccc2)c2oc4ccccc4c2c1-3. The second-order valence-corrected chi connectivity index (χ2v) is 26.9. The summed E-state index contributed by atoms with van der Waals surface area (Å²) in [5, 5.41) is 11.1. The number of furan rings is 2. The Morgan fingerprint density at radius 2 is 0.677 bits per heavy atom. The molecule has 4 heteroatoms. The van der Waals surface area contributed by atoms with Crippen molar-refractivity contribution < 1.29 is 8.83 Å². The summed E-state index contributed by atoms with van der Waals surface area (Å²) >= 11 is 0. The molecule has 2 aliphatic rings. The molecular weight excluding hydrogens is 785 g/mol. The lowest BCUT2D eigenvalue weighted by atomic mass is 9.89. The third-order valence-corrected chi connectivity index (χ3v) is 21.5. The van der Waals surface area contributed by atoms with Crippen molar-refractivity contribution in [2.24, 2.45) is 0 Å². The predicted molar refractivity (Wildman–Crippen MR) is 267 cm³/mol. The van der Waals surface area contributed by atoms with Gasteiger partial charge in [0.15, 0.2) is 0 Å². The number of para-hydroxylation sites is 2. The van der Waals surface area contributed by atoms with Crippen molar-refractivity contribution in [1.29, 1.82) is 0 Å². The Hall–Kier alpha value is -6.99. The first-order valence-corrected chi connectivity index (χ1v) is 27.8. The molecular formula is C58H42O2Si2. The summed E-state index contributed by atoms with van der Waals surface area (Å²) in [7, 11) is -4.74. The second-order valence-electron chi connectivity index (χ2n) is 18.3. The quantitative estimate of drug-likeness (QED) is 0.165. The van der Waals surface area contributed by atoms with E-state index in [9.17, 15) is 0 Å². The van der Waals surface area contributed by atoms with E-state index in [4.69, 9.17) is 8.83 Å². The normalized spacial score (nSPS) is 14.4. The topological polar surface area (TPSA) is 26.3 Å².